The van der Waals surface area contributed by atoms with Gasteiger partial charge in [0.1, 0.15) is 16.5 Å². The highest BCUT2D eigenvalue weighted by Gasteiger charge is 2.46. The van der Waals surface area contributed by atoms with Gasteiger partial charge >= 0.3 is 11.9 Å². The summed E-state index contributed by atoms with van der Waals surface area (Å²) in [6.45, 7) is 7.62. The third kappa shape index (κ3) is 3.99. The summed E-state index contributed by atoms with van der Waals surface area (Å²) in [5.74, 6) is 0.170. The first-order valence-corrected chi connectivity index (χ1v) is 11.6. The number of nitrogens with one attached hydrogen (secondary N) is 1. The summed E-state index contributed by atoms with van der Waals surface area (Å²) in [4.78, 5) is 30.9. The van der Waals surface area contributed by atoms with Gasteiger partial charge in [-0.2, -0.15) is 19.3 Å². The predicted octanol–water partition coefficient (Wildman–Crippen LogP) is 1.25. The molecule has 1 aromatic rings. The Morgan fingerprint density at radius 1 is 1.32 bits per heavy atom. The zero-order chi connectivity index (χ0) is 22.8. The topological polar surface area (TPSA) is 125 Å². The molecular formula is C20H26N5O5S+. The summed E-state index contributed by atoms with van der Waals surface area (Å²) in [7, 11) is -2.35. The monoisotopic (exact) mass is 448 g/mol. The number of carbonyl (C=O) groups excluding carboxylic acids is 2. The second kappa shape index (κ2) is 6.92. The minimum atomic E-state index is -3.71. The molecule has 4 rings (SSSR count). The van der Waals surface area contributed by atoms with Crippen molar-refractivity contribution >= 4 is 27.7 Å². The first-order valence-electron chi connectivity index (χ1n) is 10.0. The van der Waals surface area contributed by atoms with Crippen LogP contribution in [0.5, 0.6) is 0 Å². The van der Waals surface area contributed by atoms with Gasteiger partial charge in [0.2, 0.25) is 21.7 Å². The van der Waals surface area contributed by atoms with Crippen LogP contribution in [-0.2, 0) is 26.8 Å². The standard InChI is InChI=1S/C20H26N5O5S/c1-19(2,3)17-21-15(22-30-17)11-25-14-7-6-12(31(28,29)23-20(4)8-9-20)10-13(14)16(26)24(5)18(25)27/h6-7,10,12,23H,8-9,11H2,1-5H3/q+1. The van der Waals surface area contributed by atoms with Gasteiger partial charge in [0.15, 0.2) is 6.54 Å². The maximum absolute atomic E-state index is 12.8. The Bertz CT molecular complexity index is 1160. The molecule has 1 saturated carbocycles. The van der Waals surface area contributed by atoms with Crippen molar-refractivity contribution in [1.82, 2.24) is 19.8 Å². The summed E-state index contributed by atoms with van der Waals surface area (Å²) in [6.07, 6.45) is 5.92. The van der Waals surface area contributed by atoms with E-state index in [4.69, 9.17) is 4.52 Å². The van der Waals surface area contributed by atoms with E-state index in [0.29, 0.717) is 17.4 Å². The maximum atomic E-state index is 12.8. The second-order valence-corrected chi connectivity index (χ2v) is 11.3. The Morgan fingerprint density at radius 3 is 2.58 bits per heavy atom. The van der Waals surface area contributed by atoms with Crippen LogP contribution >= 0.6 is 0 Å². The highest BCUT2D eigenvalue weighted by molar-refractivity contribution is 7.90. The Kier molecular flexibility index (Phi) is 4.82. The molecule has 0 spiro atoms. The number of nitrogens with zero attached hydrogens (tertiary/aromatic N) is 4. The van der Waals surface area contributed by atoms with Gasteiger partial charge in [0.05, 0.1) is 7.05 Å². The lowest BCUT2D eigenvalue weighted by Gasteiger charge is -2.24. The molecule has 2 heterocycles. The summed E-state index contributed by atoms with van der Waals surface area (Å²) < 4.78 is 34.9. The number of sulfonamides is 1. The van der Waals surface area contributed by atoms with Crippen LogP contribution in [0.25, 0.3) is 0 Å². The molecule has 3 amide bonds. The fourth-order valence-electron chi connectivity index (χ4n) is 3.36. The van der Waals surface area contributed by atoms with Gasteiger partial charge < -0.3 is 4.52 Å². The third-order valence-corrected chi connectivity index (χ3v) is 7.34. The van der Waals surface area contributed by atoms with Gasteiger partial charge in [-0.25, -0.2) is 17.9 Å². The molecule has 166 valence electrons. The number of hydrogen-bond acceptors (Lipinski definition) is 7. The summed E-state index contributed by atoms with van der Waals surface area (Å²) in [5.41, 5.74) is -0.298. The van der Waals surface area contributed by atoms with E-state index < -0.39 is 32.8 Å². The first-order chi connectivity index (χ1) is 14.3. The van der Waals surface area contributed by atoms with Gasteiger partial charge in [0, 0.05) is 11.0 Å². The maximum Gasteiger partial charge on any atom is 0.501 e. The lowest BCUT2D eigenvalue weighted by atomic mass is 9.97. The largest absolute Gasteiger partial charge is 0.501 e. The van der Waals surface area contributed by atoms with Gasteiger partial charge in [-0.1, -0.05) is 32.0 Å². The van der Waals surface area contributed by atoms with Crippen LogP contribution in [0.4, 0.5) is 4.79 Å². The fraction of sp³-hybridized carbons (Fsp3) is 0.550. The van der Waals surface area contributed by atoms with Crippen molar-refractivity contribution in [2.75, 3.05) is 7.05 Å². The number of amides is 3. The van der Waals surface area contributed by atoms with Crippen molar-refractivity contribution < 1.29 is 27.1 Å². The van der Waals surface area contributed by atoms with Gasteiger partial charge in [-0.05, 0) is 31.9 Å². The minimum absolute atomic E-state index is 0.0131. The number of carbonyl (C=O) groups is 2. The van der Waals surface area contributed by atoms with E-state index in [1.807, 2.05) is 27.7 Å². The minimum Gasteiger partial charge on any atom is -0.339 e. The molecule has 1 aromatic heterocycles. The van der Waals surface area contributed by atoms with Crippen LogP contribution in [-0.4, -0.2) is 63.5 Å². The predicted molar refractivity (Wildman–Crippen MR) is 111 cm³/mol. The van der Waals surface area contributed by atoms with Crippen LogP contribution in [0.1, 0.15) is 52.3 Å². The Hall–Kier alpha value is -2.66. The molecule has 0 bridgehead atoms. The average molecular weight is 449 g/mol. The van der Waals surface area contributed by atoms with E-state index in [-0.39, 0.29) is 17.5 Å². The molecule has 11 heteroatoms. The van der Waals surface area contributed by atoms with Crippen molar-refractivity contribution in [3.63, 3.8) is 0 Å². The Labute approximate surface area is 180 Å². The van der Waals surface area contributed by atoms with E-state index >= 15 is 0 Å². The van der Waals surface area contributed by atoms with Gasteiger partial charge in [-0.3, -0.25) is 0 Å². The van der Waals surface area contributed by atoms with E-state index in [1.165, 1.54) is 29.9 Å². The number of hydrogen-bond donors (Lipinski definition) is 1. The molecule has 0 aromatic carbocycles. The molecule has 1 fully saturated rings. The van der Waals surface area contributed by atoms with E-state index in [2.05, 4.69) is 14.9 Å². The van der Waals surface area contributed by atoms with Crippen molar-refractivity contribution in [3.05, 3.63) is 35.5 Å². The van der Waals surface area contributed by atoms with Crippen LogP contribution in [0, 0.1) is 0 Å². The molecule has 10 nitrogen and oxygen atoms in total. The number of aromatic nitrogens is 2. The highest BCUT2D eigenvalue weighted by Crippen LogP contribution is 2.36. The number of likely N-dealkylation sites (N-methyl/N-ethyl adjacent to an activating group) is 1. The zero-order valence-electron chi connectivity index (χ0n) is 18.2. The Morgan fingerprint density at radius 2 is 2.00 bits per heavy atom. The summed E-state index contributed by atoms with van der Waals surface area (Å²) in [6, 6.07) is -0.547. The molecule has 31 heavy (non-hydrogen) atoms. The SMILES string of the molecule is CN1C(=O)C2=CC(S(=O)(=O)NC3(C)CC3)C=CC2=[N+](Cc2noc(C(C)(C)C)n2)C1=O. The molecule has 0 radical (unpaired) electrons. The smallest absolute Gasteiger partial charge is 0.339 e. The van der Waals surface area contributed by atoms with Crippen molar-refractivity contribution in [2.24, 2.45) is 0 Å². The van der Waals surface area contributed by atoms with Crippen LogP contribution < -0.4 is 4.72 Å². The highest BCUT2D eigenvalue weighted by atomic mass is 32.2. The number of urea groups is 1. The molecule has 0 saturated heterocycles. The molecule has 2 aliphatic carbocycles. The average Bonchev–Trinajstić information content (AvgIpc) is 3.19. The Balaban J connectivity index is 1.69. The molecule has 1 unspecified atom stereocenters. The fourth-order valence-corrected chi connectivity index (χ4v) is 4.99. The first kappa shape index (κ1) is 21.6. The van der Waals surface area contributed by atoms with Crippen molar-refractivity contribution in [3.8, 4) is 0 Å². The molecule has 1 aliphatic heterocycles. The van der Waals surface area contributed by atoms with Gasteiger partial charge in [-0.15, -0.1) is 0 Å². The van der Waals surface area contributed by atoms with E-state index in [0.717, 1.165) is 17.7 Å². The molecule has 3 aliphatic rings. The number of fused-ring (bicyclic) bond motifs is 1. The number of rotatable bonds is 5. The molecular weight excluding hydrogens is 422 g/mol. The normalized spacial score (nSPS) is 23.2. The second-order valence-electron chi connectivity index (χ2n) is 9.50. The number of imide groups is 1. The van der Waals surface area contributed by atoms with E-state index in [9.17, 15) is 18.0 Å². The van der Waals surface area contributed by atoms with Gasteiger partial charge in [0.25, 0.3) is 0 Å². The van der Waals surface area contributed by atoms with Crippen LogP contribution in [0.3, 0.4) is 0 Å². The third-order valence-electron chi connectivity index (χ3n) is 5.55. The molecule has 1 atom stereocenters. The van der Waals surface area contributed by atoms with Crippen LogP contribution in [0.2, 0.25) is 0 Å². The summed E-state index contributed by atoms with van der Waals surface area (Å²) in [5, 5.41) is 2.94. The van der Waals surface area contributed by atoms with Crippen molar-refractivity contribution in [1.29, 1.82) is 0 Å². The van der Waals surface area contributed by atoms with Crippen molar-refractivity contribution in [2.45, 2.75) is 63.3 Å². The quantitative estimate of drug-likeness (QED) is 0.672. The lowest BCUT2D eigenvalue weighted by Crippen LogP contribution is -2.50. The number of allylic oxidation sites excluding steroid dienone is 1. The zero-order valence-corrected chi connectivity index (χ0v) is 19.0. The summed E-state index contributed by atoms with van der Waals surface area (Å²) >= 11 is 0. The van der Waals surface area contributed by atoms with E-state index in [1.54, 1.807) is 0 Å². The lowest BCUT2D eigenvalue weighted by molar-refractivity contribution is -0.453. The van der Waals surface area contributed by atoms with Crippen LogP contribution in [0.15, 0.2) is 28.3 Å². The molecule has 1 N–H and O–H groups in total.